The van der Waals surface area contributed by atoms with Crippen LogP contribution in [0.4, 0.5) is 5.69 Å². The Morgan fingerprint density at radius 2 is 1.78 bits per heavy atom. The van der Waals surface area contributed by atoms with Gasteiger partial charge >= 0.3 is 0 Å². The van der Waals surface area contributed by atoms with Gasteiger partial charge in [0.25, 0.3) is 0 Å². The third-order valence-corrected chi connectivity index (χ3v) is 4.80. The van der Waals surface area contributed by atoms with Crippen molar-refractivity contribution in [1.82, 2.24) is 10.6 Å². The molecule has 2 aromatic rings. The van der Waals surface area contributed by atoms with Crippen molar-refractivity contribution in [2.24, 2.45) is 4.99 Å². The highest BCUT2D eigenvalue weighted by molar-refractivity contribution is 5.93. The van der Waals surface area contributed by atoms with Crippen molar-refractivity contribution in [1.29, 1.82) is 0 Å². The molecule has 2 N–H and O–H groups in total. The second-order valence-electron chi connectivity index (χ2n) is 6.76. The number of guanidine groups is 1. The molecule has 5 nitrogen and oxygen atoms in total. The first-order chi connectivity index (χ1) is 13.3. The zero-order valence-electron chi connectivity index (χ0n) is 15.9. The van der Waals surface area contributed by atoms with Crippen LogP contribution in [0.25, 0.3) is 0 Å². The van der Waals surface area contributed by atoms with Crippen molar-refractivity contribution >= 4 is 17.6 Å². The van der Waals surface area contributed by atoms with E-state index in [1.165, 1.54) is 5.56 Å². The number of hydrogen-bond donors (Lipinski definition) is 2. The molecule has 1 fully saturated rings. The lowest BCUT2D eigenvalue weighted by molar-refractivity contribution is -0.119. The van der Waals surface area contributed by atoms with Crippen LogP contribution in [-0.2, 0) is 17.8 Å². The van der Waals surface area contributed by atoms with Crippen molar-refractivity contribution < 1.29 is 4.79 Å². The summed E-state index contributed by atoms with van der Waals surface area (Å²) in [6.45, 7) is 2.35. The Bertz CT molecular complexity index is 756. The Labute approximate surface area is 161 Å². The average Bonchev–Trinajstić information content (AvgIpc) is 2.72. The molecule has 1 aliphatic heterocycles. The lowest BCUT2D eigenvalue weighted by Crippen LogP contribution is -2.38. The first-order valence-corrected chi connectivity index (χ1v) is 9.64. The highest BCUT2D eigenvalue weighted by atomic mass is 16.2. The molecule has 3 rings (SSSR count). The van der Waals surface area contributed by atoms with E-state index in [1.807, 2.05) is 23.1 Å². The maximum absolute atomic E-state index is 12.0. The maximum atomic E-state index is 12.0. The van der Waals surface area contributed by atoms with Crippen LogP contribution < -0.4 is 15.5 Å². The predicted molar refractivity (Wildman–Crippen MR) is 111 cm³/mol. The summed E-state index contributed by atoms with van der Waals surface area (Å²) in [6.07, 6.45) is 3.71. The quantitative estimate of drug-likeness (QED) is 0.612. The molecule has 0 radical (unpaired) electrons. The van der Waals surface area contributed by atoms with Crippen LogP contribution in [0.3, 0.4) is 0 Å². The number of benzene rings is 2. The molecule has 142 valence electrons. The second-order valence-corrected chi connectivity index (χ2v) is 6.76. The van der Waals surface area contributed by atoms with Crippen LogP contribution in [0.2, 0.25) is 0 Å². The normalized spacial score (nSPS) is 14.9. The van der Waals surface area contributed by atoms with Gasteiger partial charge in [0.05, 0.1) is 0 Å². The van der Waals surface area contributed by atoms with Gasteiger partial charge in [0.2, 0.25) is 5.91 Å². The van der Waals surface area contributed by atoms with Crippen LogP contribution in [-0.4, -0.2) is 32.0 Å². The molecule has 0 saturated carbocycles. The topological polar surface area (TPSA) is 56.7 Å². The van der Waals surface area contributed by atoms with Crippen LogP contribution in [0, 0.1) is 0 Å². The molecule has 0 aliphatic carbocycles. The van der Waals surface area contributed by atoms with E-state index in [0.717, 1.165) is 49.6 Å². The molecule has 1 heterocycles. The first-order valence-electron chi connectivity index (χ1n) is 9.64. The predicted octanol–water partition coefficient (Wildman–Crippen LogP) is 3.11. The smallest absolute Gasteiger partial charge is 0.226 e. The Morgan fingerprint density at radius 1 is 1.00 bits per heavy atom. The zero-order chi connectivity index (χ0) is 18.9. The number of aliphatic imine (C=N–C) groups is 1. The minimum absolute atomic E-state index is 0.232. The first kappa shape index (κ1) is 19.0. The summed E-state index contributed by atoms with van der Waals surface area (Å²) in [5.41, 5.74) is 3.46. The number of anilines is 1. The van der Waals surface area contributed by atoms with Crippen LogP contribution in [0.1, 0.15) is 30.4 Å². The van der Waals surface area contributed by atoms with Crippen molar-refractivity contribution in [3.8, 4) is 0 Å². The lowest BCUT2D eigenvalue weighted by atomic mass is 10.1. The van der Waals surface area contributed by atoms with Gasteiger partial charge in [-0.3, -0.25) is 9.79 Å². The van der Waals surface area contributed by atoms with Crippen LogP contribution >= 0.6 is 0 Å². The molecule has 1 aliphatic rings. The van der Waals surface area contributed by atoms with E-state index in [4.69, 9.17) is 0 Å². The van der Waals surface area contributed by atoms with Crippen LogP contribution in [0.15, 0.2) is 59.6 Å². The average molecular weight is 364 g/mol. The molecular weight excluding hydrogens is 336 g/mol. The third kappa shape index (κ3) is 5.58. The summed E-state index contributed by atoms with van der Waals surface area (Å²) < 4.78 is 0. The van der Waals surface area contributed by atoms with Gasteiger partial charge < -0.3 is 15.5 Å². The third-order valence-electron chi connectivity index (χ3n) is 4.80. The molecule has 1 amide bonds. The Balaban J connectivity index is 1.46. The Morgan fingerprint density at radius 3 is 2.48 bits per heavy atom. The minimum atomic E-state index is 0.232. The van der Waals surface area contributed by atoms with Gasteiger partial charge in [-0.15, -0.1) is 0 Å². The molecule has 0 spiro atoms. The van der Waals surface area contributed by atoms with E-state index in [2.05, 4.69) is 52.0 Å². The highest BCUT2D eigenvalue weighted by Gasteiger charge is 2.19. The van der Waals surface area contributed by atoms with Gasteiger partial charge in [0.15, 0.2) is 5.96 Å². The largest absolute Gasteiger partial charge is 0.356 e. The van der Waals surface area contributed by atoms with Crippen molar-refractivity contribution in [3.63, 3.8) is 0 Å². The molecule has 0 atom stereocenters. The number of rotatable bonds is 6. The van der Waals surface area contributed by atoms with Gasteiger partial charge in [-0.25, -0.2) is 0 Å². The molecule has 2 aromatic carbocycles. The van der Waals surface area contributed by atoms with E-state index >= 15 is 0 Å². The van der Waals surface area contributed by atoms with E-state index in [0.29, 0.717) is 13.0 Å². The molecule has 0 aromatic heterocycles. The molecule has 5 heteroatoms. The van der Waals surface area contributed by atoms with Gasteiger partial charge in [0, 0.05) is 38.8 Å². The van der Waals surface area contributed by atoms with Crippen molar-refractivity contribution in [3.05, 3.63) is 65.7 Å². The fourth-order valence-corrected chi connectivity index (χ4v) is 3.25. The number of carbonyl (C=O) groups is 1. The summed E-state index contributed by atoms with van der Waals surface area (Å²) in [6, 6.07) is 18.6. The maximum Gasteiger partial charge on any atom is 0.226 e. The van der Waals surface area contributed by atoms with Crippen molar-refractivity contribution in [2.75, 3.05) is 25.0 Å². The number of amides is 1. The number of piperidine rings is 1. The molecule has 0 bridgehead atoms. The van der Waals surface area contributed by atoms with Crippen LogP contribution in [0.5, 0.6) is 0 Å². The summed E-state index contributed by atoms with van der Waals surface area (Å²) in [5, 5.41) is 6.68. The summed E-state index contributed by atoms with van der Waals surface area (Å²) >= 11 is 0. The Kier molecular flexibility index (Phi) is 6.85. The fraction of sp³-hybridized carbons (Fsp3) is 0.364. The minimum Gasteiger partial charge on any atom is -0.356 e. The van der Waals surface area contributed by atoms with E-state index < -0.39 is 0 Å². The van der Waals surface area contributed by atoms with E-state index in [9.17, 15) is 4.79 Å². The SMILES string of the molecule is CN=C(NCCc1ccccc1)NCc1ccc(N2CCCCC2=O)cc1. The summed E-state index contributed by atoms with van der Waals surface area (Å²) in [4.78, 5) is 18.2. The standard InChI is InChI=1S/C22H28N4O/c1-23-22(24-15-14-18-7-3-2-4-8-18)25-17-19-10-12-20(13-11-19)26-16-6-5-9-21(26)27/h2-4,7-8,10-13H,5-6,9,14-17H2,1H3,(H2,23,24,25). The molecule has 0 unspecified atom stereocenters. The van der Waals surface area contributed by atoms with Gasteiger partial charge in [-0.2, -0.15) is 0 Å². The molecule has 27 heavy (non-hydrogen) atoms. The molecular formula is C22H28N4O. The monoisotopic (exact) mass is 364 g/mol. The fourth-order valence-electron chi connectivity index (χ4n) is 3.25. The lowest BCUT2D eigenvalue weighted by Gasteiger charge is -2.26. The van der Waals surface area contributed by atoms with E-state index in [1.54, 1.807) is 7.05 Å². The summed E-state index contributed by atoms with van der Waals surface area (Å²) in [5.74, 6) is 1.02. The number of hydrogen-bond acceptors (Lipinski definition) is 2. The highest BCUT2D eigenvalue weighted by Crippen LogP contribution is 2.21. The number of nitrogens with zero attached hydrogens (tertiary/aromatic N) is 2. The van der Waals surface area contributed by atoms with Crippen molar-refractivity contribution in [2.45, 2.75) is 32.2 Å². The Hall–Kier alpha value is -2.82. The van der Waals surface area contributed by atoms with Gasteiger partial charge in [0.1, 0.15) is 0 Å². The number of carbonyl (C=O) groups excluding carboxylic acids is 1. The van der Waals surface area contributed by atoms with Gasteiger partial charge in [-0.05, 0) is 42.5 Å². The van der Waals surface area contributed by atoms with Gasteiger partial charge in [-0.1, -0.05) is 42.5 Å². The molecule has 1 saturated heterocycles. The summed E-state index contributed by atoms with van der Waals surface area (Å²) in [7, 11) is 1.78. The number of nitrogens with one attached hydrogen (secondary N) is 2. The zero-order valence-corrected chi connectivity index (χ0v) is 15.9. The second kappa shape index (κ2) is 9.76. The van der Waals surface area contributed by atoms with E-state index in [-0.39, 0.29) is 5.91 Å².